The molecule has 0 N–H and O–H groups in total. The molecule has 86 valence electrons. The summed E-state index contributed by atoms with van der Waals surface area (Å²) < 4.78 is 50.1. The molecule has 5 heteroatoms. The molecule has 0 spiro atoms. The van der Waals surface area contributed by atoms with E-state index in [-0.39, 0.29) is 11.3 Å². The average molecular weight is 232 g/mol. The molecule has 1 aliphatic carbocycles. The summed E-state index contributed by atoms with van der Waals surface area (Å²) in [7, 11) is 0. The van der Waals surface area contributed by atoms with Crippen LogP contribution in [0.3, 0.4) is 0 Å². The van der Waals surface area contributed by atoms with E-state index in [0.29, 0.717) is 12.8 Å². The number of carbonyl (C=O) groups is 1. The van der Waals surface area contributed by atoms with Crippen LogP contribution >= 0.6 is 0 Å². The molecule has 1 unspecified atom stereocenters. The van der Waals surface area contributed by atoms with E-state index in [0.717, 1.165) is 12.1 Å². The summed E-state index contributed by atoms with van der Waals surface area (Å²) in [5, 5.41) is 0. The Hall–Kier alpha value is -1.39. The van der Waals surface area contributed by atoms with Gasteiger partial charge in [-0.15, -0.1) is 0 Å². The van der Waals surface area contributed by atoms with Crippen LogP contribution in [0.4, 0.5) is 17.6 Å². The minimum absolute atomic E-state index is 0.0836. The largest absolute Gasteiger partial charge is 0.419 e. The molecule has 0 aliphatic heterocycles. The van der Waals surface area contributed by atoms with Gasteiger partial charge < -0.3 is 0 Å². The highest BCUT2D eigenvalue weighted by Crippen LogP contribution is 2.37. The number of Topliss-reactive ketones (excluding diaryl/α,β-unsaturated/α-hetero) is 1. The Bertz CT molecular complexity index is 436. The monoisotopic (exact) mass is 232 g/mol. The molecule has 16 heavy (non-hydrogen) atoms. The van der Waals surface area contributed by atoms with E-state index in [1.807, 2.05) is 0 Å². The predicted octanol–water partition coefficient (Wildman–Crippen LogP) is 3.29. The fourth-order valence-electron chi connectivity index (χ4n) is 1.74. The van der Waals surface area contributed by atoms with Crippen molar-refractivity contribution in [3.8, 4) is 0 Å². The van der Waals surface area contributed by atoms with E-state index in [1.165, 1.54) is 6.07 Å². The van der Waals surface area contributed by atoms with Gasteiger partial charge in [0.2, 0.25) is 0 Å². The van der Waals surface area contributed by atoms with E-state index >= 15 is 0 Å². The average Bonchev–Trinajstić information content (AvgIpc) is 2.17. The molecule has 0 aromatic heterocycles. The fraction of sp³-hybridized carbons (Fsp3) is 0.364. The molecule has 2 rings (SSSR count). The summed E-state index contributed by atoms with van der Waals surface area (Å²) in [6.45, 7) is 0. The summed E-state index contributed by atoms with van der Waals surface area (Å²) in [6.07, 6.45) is -3.78. The van der Waals surface area contributed by atoms with Crippen LogP contribution in [0.2, 0.25) is 0 Å². The molecule has 0 radical (unpaired) electrons. The maximum Gasteiger partial charge on any atom is 0.419 e. The Labute approximate surface area is 89.1 Å². The Balaban J connectivity index is 2.39. The number of hydrogen-bond acceptors (Lipinski definition) is 1. The summed E-state index contributed by atoms with van der Waals surface area (Å²) in [6, 6.07) is 2.74. The highest BCUT2D eigenvalue weighted by Gasteiger charge is 2.36. The second-order valence-electron chi connectivity index (χ2n) is 3.79. The van der Waals surface area contributed by atoms with Crippen LogP contribution < -0.4 is 0 Å². The molecule has 1 aliphatic rings. The number of carbonyl (C=O) groups excluding carboxylic acids is 1. The SMILES string of the molecule is O=C1CCC1c1ccc(F)c(C(F)(F)F)c1. The van der Waals surface area contributed by atoms with Crippen LogP contribution in [0.1, 0.15) is 29.9 Å². The zero-order chi connectivity index (χ0) is 11.9. The van der Waals surface area contributed by atoms with Crippen molar-refractivity contribution in [3.05, 3.63) is 35.1 Å². The molecule has 1 saturated carbocycles. The quantitative estimate of drug-likeness (QED) is 0.679. The first kappa shape index (κ1) is 11.1. The standard InChI is InChI=1S/C11H8F4O/c12-9-3-1-6(7-2-4-10(7)16)5-8(9)11(13,14)15/h1,3,5,7H,2,4H2. The van der Waals surface area contributed by atoms with Crippen LogP contribution in [0, 0.1) is 5.82 Å². The van der Waals surface area contributed by atoms with Gasteiger partial charge in [0.1, 0.15) is 11.6 Å². The van der Waals surface area contributed by atoms with E-state index in [1.54, 1.807) is 0 Å². The Kier molecular flexibility index (Phi) is 2.48. The number of halogens is 4. The smallest absolute Gasteiger partial charge is 0.299 e. The lowest BCUT2D eigenvalue weighted by molar-refractivity contribution is -0.140. The predicted molar refractivity (Wildman–Crippen MR) is 48.4 cm³/mol. The van der Waals surface area contributed by atoms with Crippen molar-refractivity contribution in [1.29, 1.82) is 0 Å². The fourth-order valence-corrected chi connectivity index (χ4v) is 1.74. The third kappa shape index (κ3) is 1.81. The van der Waals surface area contributed by atoms with Gasteiger partial charge in [-0.25, -0.2) is 4.39 Å². The maximum absolute atomic E-state index is 12.9. The third-order valence-corrected chi connectivity index (χ3v) is 2.77. The number of rotatable bonds is 1. The second-order valence-corrected chi connectivity index (χ2v) is 3.79. The van der Waals surface area contributed by atoms with Crippen molar-refractivity contribution < 1.29 is 22.4 Å². The Morgan fingerprint density at radius 1 is 1.25 bits per heavy atom. The molecule has 0 amide bonds. The number of ketones is 1. The van der Waals surface area contributed by atoms with Crippen molar-refractivity contribution >= 4 is 5.78 Å². The zero-order valence-corrected chi connectivity index (χ0v) is 8.14. The molecule has 1 aromatic carbocycles. The van der Waals surface area contributed by atoms with Gasteiger partial charge in [0.15, 0.2) is 0 Å². The lowest BCUT2D eigenvalue weighted by Gasteiger charge is -2.24. The van der Waals surface area contributed by atoms with Gasteiger partial charge in [0, 0.05) is 12.3 Å². The lowest BCUT2D eigenvalue weighted by atomic mass is 9.78. The third-order valence-electron chi connectivity index (χ3n) is 2.77. The molecule has 1 aromatic rings. The lowest BCUT2D eigenvalue weighted by Crippen LogP contribution is -2.23. The minimum Gasteiger partial charge on any atom is -0.299 e. The van der Waals surface area contributed by atoms with Crippen LogP contribution in [0.5, 0.6) is 0 Å². The molecule has 1 fully saturated rings. The van der Waals surface area contributed by atoms with Gasteiger partial charge in [-0.1, -0.05) is 6.07 Å². The first-order valence-corrected chi connectivity index (χ1v) is 4.79. The molecule has 0 heterocycles. The van der Waals surface area contributed by atoms with Crippen molar-refractivity contribution in [2.24, 2.45) is 0 Å². The molecular formula is C11H8F4O. The molecule has 0 bridgehead atoms. The van der Waals surface area contributed by atoms with Crippen LogP contribution in [0.25, 0.3) is 0 Å². The molecule has 1 atom stereocenters. The Morgan fingerprint density at radius 3 is 2.38 bits per heavy atom. The molecule has 1 nitrogen and oxygen atoms in total. The second kappa shape index (κ2) is 3.57. The topological polar surface area (TPSA) is 17.1 Å². The number of benzene rings is 1. The van der Waals surface area contributed by atoms with Gasteiger partial charge in [0.25, 0.3) is 0 Å². The van der Waals surface area contributed by atoms with Gasteiger partial charge >= 0.3 is 6.18 Å². The number of hydrogen-bond donors (Lipinski definition) is 0. The Morgan fingerprint density at radius 2 is 1.94 bits per heavy atom. The van der Waals surface area contributed by atoms with Crippen molar-refractivity contribution in [2.75, 3.05) is 0 Å². The highest BCUT2D eigenvalue weighted by atomic mass is 19.4. The molecular weight excluding hydrogens is 224 g/mol. The van der Waals surface area contributed by atoms with Crippen molar-refractivity contribution in [2.45, 2.75) is 24.9 Å². The first-order chi connectivity index (χ1) is 7.39. The number of alkyl halides is 3. The summed E-state index contributed by atoms with van der Waals surface area (Å²) in [5.74, 6) is -1.87. The van der Waals surface area contributed by atoms with Crippen molar-refractivity contribution in [1.82, 2.24) is 0 Å². The highest BCUT2D eigenvalue weighted by molar-refractivity contribution is 5.91. The van der Waals surface area contributed by atoms with E-state index < -0.39 is 23.5 Å². The van der Waals surface area contributed by atoms with E-state index in [4.69, 9.17) is 0 Å². The summed E-state index contributed by atoms with van der Waals surface area (Å²) >= 11 is 0. The van der Waals surface area contributed by atoms with Crippen LogP contribution in [0.15, 0.2) is 18.2 Å². The van der Waals surface area contributed by atoms with Gasteiger partial charge in [-0.3, -0.25) is 4.79 Å². The van der Waals surface area contributed by atoms with Gasteiger partial charge in [0.05, 0.1) is 5.56 Å². The summed E-state index contributed by atoms with van der Waals surface area (Å²) in [4.78, 5) is 11.1. The van der Waals surface area contributed by atoms with Gasteiger partial charge in [-0.2, -0.15) is 13.2 Å². The van der Waals surface area contributed by atoms with Crippen molar-refractivity contribution in [3.63, 3.8) is 0 Å². The van der Waals surface area contributed by atoms with Crippen LogP contribution in [-0.4, -0.2) is 5.78 Å². The maximum atomic E-state index is 12.9. The first-order valence-electron chi connectivity index (χ1n) is 4.79. The summed E-state index contributed by atoms with van der Waals surface area (Å²) in [5.41, 5.74) is -1.05. The van der Waals surface area contributed by atoms with E-state index in [9.17, 15) is 22.4 Å². The van der Waals surface area contributed by atoms with E-state index in [2.05, 4.69) is 0 Å². The normalized spacial score (nSPS) is 20.8. The zero-order valence-electron chi connectivity index (χ0n) is 8.14. The minimum atomic E-state index is -4.72. The molecule has 0 saturated heterocycles. The van der Waals surface area contributed by atoms with Gasteiger partial charge in [-0.05, 0) is 24.1 Å². The van der Waals surface area contributed by atoms with Crippen LogP contribution in [-0.2, 0) is 11.0 Å².